The molecule has 0 aromatic heterocycles. The van der Waals surface area contributed by atoms with Crippen molar-refractivity contribution in [3.63, 3.8) is 0 Å². The highest BCUT2D eigenvalue weighted by Crippen LogP contribution is 2.41. The van der Waals surface area contributed by atoms with Crippen LogP contribution in [0.1, 0.15) is 51.7 Å². The average Bonchev–Trinajstić information content (AvgIpc) is 2.48. The van der Waals surface area contributed by atoms with Crippen LogP contribution >= 0.6 is 0 Å². The lowest BCUT2D eigenvalue weighted by molar-refractivity contribution is 0.316. The molecule has 2 aromatic carbocycles. The van der Waals surface area contributed by atoms with Gasteiger partial charge in [0.2, 0.25) is 0 Å². The molecule has 0 aliphatic heterocycles. The van der Waals surface area contributed by atoms with Crippen molar-refractivity contribution in [2.75, 3.05) is 0 Å². The van der Waals surface area contributed by atoms with E-state index in [0.717, 1.165) is 12.8 Å². The zero-order valence-corrected chi connectivity index (χ0v) is 13.6. The Hall–Kier alpha value is -1.76. The normalized spacial score (nSPS) is 14.7. The van der Waals surface area contributed by atoms with Gasteiger partial charge >= 0.3 is 0 Å². The van der Waals surface area contributed by atoms with E-state index in [1.807, 2.05) is 0 Å². The Kier molecular flexibility index (Phi) is 4.41. The van der Waals surface area contributed by atoms with Gasteiger partial charge in [-0.05, 0) is 46.9 Å². The zero-order chi connectivity index (χ0) is 15.5. The summed E-state index contributed by atoms with van der Waals surface area (Å²) in [6, 6.07) is 18.4. The highest BCUT2D eigenvalue weighted by atomic mass is 16.3. The molecule has 2 aromatic rings. The van der Waals surface area contributed by atoms with E-state index in [2.05, 4.69) is 70.2 Å². The third-order valence-electron chi connectivity index (χ3n) is 4.73. The fraction of sp³-hybridized carbons (Fsp3) is 0.400. The summed E-state index contributed by atoms with van der Waals surface area (Å²) >= 11 is 0. The predicted molar refractivity (Wildman–Crippen MR) is 89.8 cm³/mol. The maximum atomic E-state index is 9.51. The quantitative estimate of drug-likeness (QED) is 0.775. The van der Waals surface area contributed by atoms with Gasteiger partial charge in [0.05, 0.1) is 0 Å². The Morgan fingerprint density at radius 2 is 1.38 bits per heavy atom. The smallest absolute Gasteiger partial charge is 0.115 e. The molecule has 0 aliphatic carbocycles. The summed E-state index contributed by atoms with van der Waals surface area (Å²) in [7, 11) is 0. The van der Waals surface area contributed by atoms with Crippen LogP contribution in [-0.2, 0) is 10.8 Å². The number of benzene rings is 2. The van der Waals surface area contributed by atoms with Gasteiger partial charge < -0.3 is 5.11 Å². The predicted octanol–water partition coefficient (Wildman–Crippen LogP) is 5.43. The van der Waals surface area contributed by atoms with E-state index < -0.39 is 0 Å². The van der Waals surface area contributed by atoms with Gasteiger partial charge in [0.1, 0.15) is 5.75 Å². The number of hydrogen-bond acceptors (Lipinski definition) is 1. The first-order valence-corrected chi connectivity index (χ1v) is 7.72. The minimum atomic E-state index is 0.104. The maximum Gasteiger partial charge on any atom is 0.115 e. The second-order valence-corrected chi connectivity index (χ2v) is 6.89. The molecule has 21 heavy (non-hydrogen) atoms. The number of aromatic hydroxyl groups is 1. The third kappa shape index (κ3) is 3.47. The highest BCUT2D eigenvalue weighted by Gasteiger charge is 2.33. The van der Waals surface area contributed by atoms with Gasteiger partial charge in [-0.15, -0.1) is 0 Å². The first-order chi connectivity index (χ1) is 9.87. The molecule has 112 valence electrons. The summed E-state index contributed by atoms with van der Waals surface area (Å²) in [4.78, 5) is 0. The van der Waals surface area contributed by atoms with Crippen LogP contribution in [0, 0.1) is 0 Å². The van der Waals surface area contributed by atoms with E-state index in [4.69, 9.17) is 0 Å². The van der Waals surface area contributed by atoms with Crippen LogP contribution in [0.5, 0.6) is 5.75 Å². The van der Waals surface area contributed by atoms with Gasteiger partial charge in [0.15, 0.2) is 0 Å². The van der Waals surface area contributed by atoms with Gasteiger partial charge in [-0.3, -0.25) is 0 Å². The average molecular weight is 282 g/mol. The third-order valence-corrected chi connectivity index (χ3v) is 4.73. The van der Waals surface area contributed by atoms with Crippen molar-refractivity contribution >= 4 is 0 Å². The molecule has 0 fully saturated rings. The Labute approximate surface area is 128 Å². The second kappa shape index (κ2) is 5.93. The topological polar surface area (TPSA) is 20.2 Å². The molecule has 0 amide bonds. The number of rotatable bonds is 5. The van der Waals surface area contributed by atoms with Gasteiger partial charge in [-0.2, -0.15) is 0 Å². The highest BCUT2D eigenvalue weighted by molar-refractivity contribution is 5.33. The Bertz CT molecular complexity index is 569. The molecular formula is C20H26O. The van der Waals surface area contributed by atoms with E-state index in [9.17, 15) is 5.11 Å². The van der Waals surface area contributed by atoms with Crippen molar-refractivity contribution in [3.05, 3.63) is 65.7 Å². The van der Waals surface area contributed by atoms with Crippen molar-refractivity contribution in [1.29, 1.82) is 0 Å². The molecule has 0 aliphatic rings. The molecule has 0 heterocycles. The molecule has 0 bridgehead atoms. The molecule has 1 heteroatoms. The van der Waals surface area contributed by atoms with Crippen LogP contribution in [0.3, 0.4) is 0 Å². The monoisotopic (exact) mass is 282 g/mol. The molecule has 0 spiro atoms. The van der Waals surface area contributed by atoms with Crippen molar-refractivity contribution < 1.29 is 5.11 Å². The Morgan fingerprint density at radius 1 is 0.810 bits per heavy atom. The maximum absolute atomic E-state index is 9.51. The summed E-state index contributed by atoms with van der Waals surface area (Å²) in [6.07, 6.45) is 2.15. The van der Waals surface area contributed by atoms with Crippen LogP contribution in [0.2, 0.25) is 0 Å². The molecule has 1 N–H and O–H groups in total. The number of phenols is 1. The SMILES string of the molecule is CCC(C)(CC(C)(C)c1ccccc1)c1ccc(O)cc1. The molecule has 1 atom stereocenters. The van der Waals surface area contributed by atoms with Gasteiger partial charge in [-0.25, -0.2) is 0 Å². The first kappa shape index (κ1) is 15.6. The van der Waals surface area contributed by atoms with Crippen molar-refractivity contribution in [1.82, 2.24) is 0 Å². The summed E-state index contributed by atoms with van der Waals surface area (Å²) in [5.41, 5.74) is 2.90. The lowest BCUT2D eigenvalue weighted by Crippen LogP contribution is -2.31. The van der Waals surface area contributed by atoms with Crippen molar-refractivity contribution in [3.8, 4) is 5.75 Å². The van der Waals surface area contributed by atoms with E-state index in [1.165, 1.54) is 11.1 Å². The van der Waals surface area contributed by atoms with E-state index >= 15 is 0 Å². The van der Waals surface area contributed by atoms with Crippen molar-refractivity contribution in [2.45, 2.75) is 51.4 Å². The number of hydrogen-bond donors (Lipinski definition) is 1. The van der Waals surface area contributed by atoms with Crippen LogP contribution in [0.15, 0.2) is 54.6 Å². The molecule has 2 rings (SSSR count). The molecule has 1 unspecified atom stereocenters. The minimum absolute atomic E-state index is 0.104. The summed E-state index contributed by atoms with van der Waals surface area (Å²) in [5.74, 6) is 0.333. The van der Waals surface area contributed by atoms with Gasteiger partial charge in [-0.1, -0.05) is 70.2 Å². The van der Waals surface area contributed by atoms with E-state index in [0.29, 0.717) is 5.75 Å². The number of phenolic OH excluding ortho intramolecular Hbond substituents is 1. The summed E-state index contributed by atoms with van der Waals surface area (Å²) in [5, 5.41) is 9.51. The van der Waals surface area contributed by atoms with Gasteiger partial charge in [0.25, 0.3) is 0 Å². The summed E-state index contributed by atoms with van der Waals surface area (Å²) < 4.78 is 0. The molecule has 1 nitrogen and oxygen atoms in total. The van der Waals surface area contributed by atoms with Crippen molar-refractivity contribution in [2.24, 2.45) is 0 Å². The minimum Gasteiger partial charge on any atom is -0.508 e. The summed E-state index contributed by atoms with van der Waals surface area (Å²) in [6.45, 7) is 9.20. The lowest BCUT2D eigenvalue weighted by atomic mass is 9.66. The van der Waals surface area contributed by atoms with Crippen LogP contribution in [-0.4, -0.2) is 5.11 Å². The van der Waals surface area contributed by atoms with Crippen LogP contribution in [0.4, 0.5) is 0 Å². The molecular weight excluding hydrogens is 256 g/mol. The van der Waals surface area contributed by atoms with Crippen LogP contribution < -0.4 is 0 Å². The molecule has 0 radical (unpaired) electrons. The Balaban J connectivity index is 2.31. The Morgan fingerprint density at radius 3 is 1.90 bits per heavy atom. The van der Waals surface area contributed by atoms with E-state index in [1.54, 1.807) is 12.1 Å². The second-order valence-electron chi connectivity index (χ2n) is 6.89. The fourth-order valence-corrected chi connectivity index (χ4v) is 3.26. The first-order valence-electron chi connectivity index (χ1n) is 7.72. The van der Waals surface area contributed by atoms with Crippen LogP contribution in [0.25, 0.3) is 0 Å². The molecule has 0 saturated carbocycles. The lowest BCUT2D eigenvalue weighted by Gasteiger charge is -2.38. The van der Waals surface area contributed by atoms with Gasteiger partial charge in [0, 0.05) is 0 Å². The largest absolute Gasteiger partial charge is 0.508 e. The molecule has 0 saturated heterocycles. The zero-order valence-electron chi connectivity index (χ0n) is 13.6. The standard InChI is InChI=1S/C20H26O/c1-5-20(4,17-11-13-18(21)14-12-17)15-19(2,3)16-9-7-6-8-10-16/h6-14,21H,5,15H2,1-4H3. The fourth-order valence-electron chi connectivity index (χ4n) is 3.26. The van der Waals surface area contributed by atoms with E-state index in [-0.39, 0.29) is 10.8 Å².